The van der Waals surface area contributed by atoms with Crippen molar-refractivity contribution in [2.24, 2.45) is 0 Å². The molecule has 4 N–H and O–H groups in total. The average Bonchev–Trinajstić information content (AvgIpc) is 2.26. The highest BCUT2D eigenvalue weighted by atomic mass is 16.3. The number of hydrogen-bond acceptors (Lipinski definition) is 6. The Labute approximate surface area is 88.7 Å². The zero-order valence-corrected chi connectivity index (χ0v) is 7.76. The molecule has 0 heterocycles. The van der Waals surface area contributed by atoms with E-state index in [2.05, 4.69) is 0 Å². The number of fused-ring (bicyclic) bond motifs is 1. The Kier molecular flexibility index (Phi) is 1.88. The van der Waals surface area contributed by atoms with Crippen molar-refractivity contribution in [3.63, 3.8) is 0 Å². The molecule has 0 radical (unpaired) electrons. The predicted molar refractivity (Wildman–Crippen MR) is 51.3 cm³/mol. The number of allylic oxidation sites excluding steroid dienone is 1. The molecule has 16 heavy (non-hydrogen) atoms. The molecule has 0 amide bonds. The molecule has 6 nitrogen and oxygen atoms in total. The number of carbonyl (C=O) groups is 2. The summed E-state index contributed by atoms with van der Waals surface area (Å²) in [5.41, 5.74) is -0.956. The van der Waals surface area contributed by atoms with E-state index in [1.807, 2.05) is 0 Å². The number of phenols is 2. The third-order valence-corrected chi connectivity index (χ3v) is 2.27. The molecule has 1 aliphatic rings. The van der Waals surface area contributed by atoms with E-state index in [9.17, 15) is 24.9 Å². The standard InChI is InChI=1S/C10H6O6/c11-3-1-2-4(12)6-5(3)7(13)9(15)10(16)8(6)14/h1-2,11-13,15H. The molecular weight excluding hydrogens is 216 g/mol. The summed E-state index contributed by atoms with van der Waals surface area (Å²) in [5, 5.41) is 37.3. The first kappa shape index (κ1) is 10.0. The van der Waals surface area contributed by atoms with Gasteiger partial charge in [0, 0.05) is 0 Å². The summed E-state index contributed by atoms with van der Waals surface area (Å²) < 4.78 is 0. The van der Waals surface area contributed by atoms with E-state index in [1.165, 1.54) is 0 Å². The van der Waals surface area contributed by atoms with Gasteiger partial charge in [0.15, 0.2) is 5.76 Å². The number of benzene rings is 1. The number of rotatable bonds is 0. The smallest absolute Gasteiger partial charge is 0.271 e. The van der Waals surface area contributed by atoms with Crippen LogP contribution in [-0.2, 0) is 4.79 Å². The maximum Gasteiger partial charge on any atom is 0.271 e. The second-order valence-electron chi connectivity index (χ2n) is 3.21. The van der Waals surface area contributed by atoms with Crippen molar-refractivity contribution in [1.29, 1.82) is 0 Å². The molecule has 1 aromatic rings. The lowest BCUT2D eigenvalue weighted by Gasteiger charge is -2.16. The minimum atomic E-state index is -1.33. The van der Waals surface area contributed by atoms with Gasteiger partial charge in [0.05, 0.1) is 11.1 Å². The van der Waals surface area contributed by atoms with Crippen molar-refractivity contribution < 1.29 is 30.0 Å². The summed E-state index contributed by atoms with van der Waals surface area (Å²) in [4.78, 5) is 22.6. The Hall–Kier alpha value is -2.50. The Morgan fingerprint density at radius 3 is 1.75 bits per heavy atom. The molecule has 0 saturated heterocycles. The molecule has 6 heteroatoms. The SMILES string of the molecule is O=C1C(=O)c2c(O)ccc(O)c2C(O)=C1O. The lowest BCUT2D eigenvalue weighted by Crippen LogP contribution is -2.24. The van der Waals surface area contributed by atoms with Crippen molar-refractivity contribution in [2.45, 2.75) is 0 Å². The van der Waals surface area contributed by atoms with E-state index in [0.717, 1.165) is 12.1 Å². The van der Waals surface area contributed by atoms with Gasteiger partial charge in [-0.3, -0.25) is 9.59 Å². The summed E-state index contributed by atoms with van der Waals surface area (Å²) in [7, 11) is 0. The van der Waals surface area contributed by atoms with Crippen LogP contribution < -0.4 is 0 Å². The van der Waals surface area contributed by atoms with Crippen LogP contribution in [0.4, 0.5) is 0 Å². The molecule has 2 rings (SSSR count). The summed E-state index contributed by atoms with van der Waals surface area (Å²) in [6, 6.07) is 2.04. The van der Waals surface area contributed by atoms with Gasteiger partial charge in [-0.15, -0.1) is 0 Å². The quantitative estimate of drug-likeness (QED) is 0.378. The summed E-state index contributed by atoms with van der Waals surface area (Å²) in [5.74, 6) is -5.64. The molecular formula is C10H6O6. The summed E-state index contributed by atoms with van der Waals surface area (Å²) in [6.07, 6.45) is 0. The molecule has 0 fully saturated rings. The number of carbonyl (C=O) groups excluding carboxylic acids is 2. The van der Waals surface area contributed by atoms with Crippen LogP contribution in [0.3, 0.4) is 0 Å². The van der Waals surface area contributed by atoms with Gasteiger partial charge >= 0.3 is 0 Å². The molecule has 0 unspecified atom stereocenters. The van der Waals surface area contributed by atoms with Gasteiger partial charge in [-0.25, -0.2) is 0 Å². The summed E-state index contributed by atoms with van der Waals surface area (Å²) >= 11 is 0. The predicted octanol–water partition coefficient (Wildman–Crippen LogP) is 0.648. The van der Waals surface area contributed by atoms with Gasteiger partial charge in [-0.1, -0.05) is 0 Å². The van der Waals surface area contributed by atoms with Crippen LogP contribution in [0.1, 0.15) is 15.9 Å². The van der Waals surface area contributed by atoms with Gasteiger partial charge in [-0.05, 0) is 12.1 Å². The van der Waals surface area contributed by atoms with Crippen LogP contribution >= 0.6 is 0 Å². The largest absolute Gasteiger partial charge is 0.507 e. The van der Waals surface area contributed by atoms with Crippen molar-refractivity contribution in [3.8, 4) is 11.5 Å². The Morgan fingerprint density at radius 1 is 0.688 bits per heavy atom. The molecule has 0 aliphatic heterocycles. The molecule has 82 valence electrons. The second-order valence-corrected chi connectivity index (χ2v) is 3.21. The first-order chi connectivity index (χ1) is 7.45. The number of aromatic hydroxyl groups is 2. The molecule has 0 spiro atoms. The average molecular weight is 222 g/mol. The third kappa shape index (κ3) is 1.07. The number of phenolic OH excluding ortho intramolecular Hbond substituents is 2. The normalized spacial score (nSPS) is 15.2. The highest BCUT2D eigenvalue weighted by molar-refractivity contribution is 6.52. The number of aliphatic hydroxyl groups excluding tert-OH is 2. The third-order valence-electron chi connectivity index (χ3n) is 2.27. The van der Waals surface area contributed by atoms with Gasteiger partial charge in [0.1, 0.15) is 11.5 Å². The van der Waals surface area contributed by atoms with Crippen molar-refractivity contribution >= 4 is 17.3 Å². The maximum absolute atomic E-state index is 11.4. The second kappa shape index (κ2) is 2.99. The van der Waals surface area contributed by atoms with Gasteiger partial charge < -0.3 is 20.4 Å². The monoisotopic (exact) mass is 222 g/mol. The van der Waals surface area contributed by atoms with Crippen LogP contribution in [-0.4, -0.2) is 32.0 Å². The Morgan fingerprint density at radius 2 is 1.19 bits per heavy atom. The maximum atomic E-state index is 11.4. The fraction of sp³-hybridized carbons (Fsp3) is 0. The van der Waals surface area contributed by atoms with Crippen molar-refractivity contribution in [2.75, 3.05) is 0 Å². The van der Waals surface area contributed by atoms with E-state index < -0.39 is 45.7 Å². The number of Topliss-reactive ketones (excluding diaryl/α,β-unsaturated/α-hetero) is 2. The first-order valence-electron chi connectivity index (χ1n) is 4.21. The molecule has 1 aromatic carbocycles. The number of aliphatic hydroxyl groups is 2. The molecule has 0 bridgehead atoms. The molecule has 0 atom stereocenters. The fourth-order valence-corrected chi connectivity index (χ4v) is 1.50. The van der Waals surface area contributed by atoms with Gasteiger partial charge in [-0.2, -0.15) is 0 Å². The summed E-state index contributed by atoms with van der Waals surface area (Å²) in [6.45, 7) is 0. The van der Waals surface area contributed by atoms with Crippen LogP contribution in [0.25, 0.3) is 5.76 Å². The van der Waals surface area contributed by atoms with E-state index in [1.54, 1.807) is 0 Å². The van der Waals surface area contributed by atoms with Crippen LogP contribution in [0.2, 0.25) is 0 Å². The number of hydrogen-bond donors (Lipinski definition) is 4. The first-order valence-corrected chi connectivity index (χ1v) is 4.21. The van der Waals surface area contributed by atoms with Gasteiger partial charge in [0.2, 0.25) is 11.5 Å². The zero-order chi connectivity index (χ0) is 12.0. The number of ketones is 2. The topological polar surface area (TPSA) is 115 Å². The minimum Gasteiger partial charge on any atom is -0.507 e. The van der Waals surface area contributed by atoms with Crippen LogP contribution in [0, 0.1) is 0 Å². The lowest BCUT2D eigenvalue weighted by molar-refractivity contribution is -0.114. The Bertz CT molecular complexity index is 555. The van der Waals surface area contributed by atoms with E-state index >= 15 is 0 Å². The molecule has 1 aliphatic carbocycles. The minimum absolute atomic E-state index is 0.442. The van der Waals surface area contributed by atoms with E-state index in [-0.39, 0.29) is 0 Å². The van der Waals surface area contributed by atoms with Crippen LogP contribution in [0.15, 0.2) is 17.9 Å². The Balaban J connectivity index is 2.91. The molecule has 0 aromatic heterocycles. The molecule has 0 saturated carbocycles. The van der Waals surface area contributed by atoms with Crippen LogP contribution in [0.5, 0.6) is 11.5 Å². The van der Waals surface area contributed by atoms with E-state index in [4.69, 9.17) is 5.11 Å². The lowest BCUT2D eigenvalue weighted by atomic mass is 9.91. The van der Waals surface area contributed by atoms with Gasteiger partial charge in [0.25, 0.3) is 5.78 Å². The highest BCUT2D eigenvalue weighted by Gasteiger charge is 2.36. The van der Waals surface area contributed by atoms with Crippen molar-refractivity contribution in [1.82, 2.24) is 0 Å². The highest BCUT2D eigenvalue weighted by Crippen LogP contribution is 2.37. The zero-order valence-electron chi connectivity index (χ0n) is 7.76. The van der Waals surface area contributed by atoms with E-state index in [0.29, 0.717) is 0 Å². The van der Waals surface area contributed by atoms with Crippen molar-refractivity contribution in [3.05, 3.63) is 29.0 Å². The fourth-order valence-electron chi connectivity index (χ4n) is 1.50.